The van der Waals surface area contributed by atoms with Gasteiger partial charge in [-0.25, -0.2) is 4.98 Å². The predicted octanol–water partition coefficient (Wildman–Crippen LogP) is 4.25. The predicted molar refractivity (Wildman–Crippen MR) is 122 cm³/mol. The highest BCUT2D eigenvalue weighted by atomic mass is 16.5. The molecule has 1 fully saturated rings. The number of carbonyl (C=O) groups excluding carboxylic acids is 1. The Morgan fingerprint density at radius 3 is 2.52 bits per heavy atom. The Bertz CT molecular complexity index is 1030. The van der Waals surface area contributed by atoms with Crippen LogP contribution in [0.3, 0.4) is 0 Å². The number of carbonyl (C=O) groups is 1. The number of methoxy groups -OCH3 is 1. The van der Waals surface area contributed by atoms with Gasteiger partial charge in [0.25, 0.3) is 0 Å². The molecule has 0 saturated carbocycles. The molecule has 0 atom stereocenters. The fourth-order valence-corrected chi connectivity index (χ4v) is 3.96. The number of nitrogens with zero attached hydrogens (tertiary/aromatic N) is 3. The summed E-state index contributed by atoms with van der Waals surface area (Å²) in [5.74, 6) is 2.25. The van der Waals surface area contributed by atoms with Gasteiger partial charge in [-0.3, -0.25) is 4.79 Å². The second-order valence-corrected chi connectivity index (χ2v) is 7.93. The lowest BCUT2D eigenvalue weighted by atomic mass is 10.1. The number of oxazole rings is 1. The normalized spacial score (nSPS) is 14.0. The van der Waals surface area contributed by atoms with E-state index in [0.717, 1.165) is 37.5 Å². The van der Waals surface area contributed by atoms with Gasteiger partial charge in [0.2, 0.25) is 5.91 Å². The first kappa shape index (κ1) is 21.0. The number of amides is 1. The van der Waals surface area contributed by atoms with Crippen molar-refractivity contribution in [1.29, 1.82) is 0 Å². The molecule has 1 aromatic heterocycles. The number of hydrogen-bond acceptors (Lipinski definition) is 5. The molecule has 0 unspecified atom stereocenters. The number of aryl methyl sites for hydroxylation is 2. The summed E-state index contributed by atoms with van der Waals surface area (Å²) in [7, 11) is 1.64. The number of benzene rings is 2. The topological polar surface area (TPSA) is 58.8 Å². The molecular weight excluding hydrogens is 390 g/mol. The SMILES string of the molecule is COc1ccc(-c2cnc(CCC(=O)N3CCN(c4cccc(C)c4C)CC3)o2)cc1. The first-order valence-electron chi connectivity index (χ1n) is 10.7. The van der Waals surface area contributed by atoms with Gasteiger partial charge in [-0.05, 0) is 55.3 Å². The third kappa shape index (κ3) is 4.74. The van der Waals surface area contributed by atoms with Gasteiger partial charge in [0, 0.05) is 50.3 Å². The minimum atomic E-state index is 0.157. The second-order valence-electron chi connectivity index (χ2n) is 7.93. The lowest BCUT2D eigenvalue weighted by molar-refractivity contribution is -0.131. The summed E-state index contributed by atoms with van der Waals surface area (Å²) in [6.07, 6.45) is 2.63. The van der Waals surface area contributed by atoms with Crippen molar-refractivity contribution in [2.24, 2.45) is 0 Å². The van der Waals surface area contributed by atoms with Gasteiger partial charge in [0.15, 0.2) is 11.7 Å². The zero-order chi connectivity index (χ0) is 21.8. The van der Waals surface area contributed by atoms with Crippen LogP contribution in [0.2, 0.25) is 0 Å². The van der Waals surface area contributed by atoms with Crippen LogP contribution in [0.4, 0.5) is 5.69 Å². The third-order valence-electron chi connectivity index (χ3n) is 6.03. The Labute approximate surface area is 183 Å². The number of hydrogen-bond donors (Lipinski definition) is 0. The van der Waals surface area contributed by atoms with Crippen molar-refractivity contribution < 1.29 is 13.9 Å². The first-order valence-corrected chi connectivity index (χ1v) is 10.7. The minimum Gasteiger partial charge on any atom is -0.497 e. The summed E-state index contributed by atoms with van der Waals surface area (Å²) < 4.78 is 11.0. The Hall–Kier alpha value is -3.28. The van der Waals surface area contributed by atoms with E-state index in [1.54, 1.807) is 13.3 Å². The summed E-state index contributed by atoms with van der Waals surface area (Å²) >= 11 is 0. The van der Waals surface area contributed by atoms with Crippen molar-refractivity contribution in [1.82, 2.24) is 9.88 Å². The maximum Gasteiger partial charge on any atom is 0.223 e. The molecule has 4 rings (SSSR count). The second kappa shape index (κ2) is 9.25. The number of piperazine rings is 1. The number of aromatic nitrogens is 1. The molecular formula is C25H29N3O3. The molecule has 1 amide bonds. The molecule has 31 heavy (non-hydrogen) atoms. The van der Waals surface area contributed by atoms with Crippen LogP contribution in [-0.2, 0) is 11.2 Å². The zero-order valence-corrected chi connectivity index (χ0v) is 18.4. The van der Waals surface area contributed by atoms with Crippen LogP contribution in [0.25, 0.3) is 11.3 Å². The standard InChI is InChI=1S/C25H29N3O3/c1-18-5-4-6-22(19(18)2)27-13-15-28(16-14-27)25(29)12-11-24-26-17-23(31-24)20-7-9-21(30-3)10-8-20/h4-10,17H,11-16H2,1-3H3. The maximum atomic E-state index is 12.7. The highest BCUT2D eigenvalue weighted by Crippen LogP contribution is 2.25. The fourth-order valence-electron chi connectivity index (χ4n) is 3.96. The van der Waals surface area contributed by atoms with E-state index in [0.29, 0.717) is 24.5 Å². The van der Waals surface area contributed by atoms with Gasteiger partial charge in [-0.2, -0.15) is 0 Å². The van der Waals surface area contributed by atoms with E-state index in [1.807, 2.05) is 29.2 Å². The van der Waals surface area contributed by atoms with Gasteiger partial charge >= 0.3 is 0 Å². The minimum absolute atomic E-state index is 0.157. The van der Waals surface area contributed by atoms with Crippen molar-refractivity contribution in [2.75, 3.05) is 38.2 Å². The summed E-state index contributed by atoms with van der Waals surface area (Å²) in [4.78, 5) is 21.4. The quantitative estimate of drug-likeness (QED) is 0.598. The van der Waals surface area contributed by atoms with E-state index in [9.17, 15) is 4.79 Å². The lowest BCUT2D eigenvalue weighted by Gasteiger charge is -2.37. The summed E-state index contributed by atoms with van der Waals surface area (Å²) in [5, 5.41) is 0. The smallest absolute Gasteiger partial charge is 0.223 e. The van der Waals surface area contributed by atoms with Crippen LogP contribution in [0.1, 0.15) is 23.4 Å². The molecule has 2 aromatic carbocycles. The maximum absolute atomic E-state index is 12.7. The van der Waals surface area contributed by atoms with Crippen molar-refractivity contribution >= 4 is 11.6 Å². The van der Waals surface area contributed by atoms with E-state index >= 15 is 0 Å². The monoisotopic (exact) mass is 419 g/mol. The van der Waals surface area contributed by atoms with Crippen LogP contribution in [-0.4, -0.2) is 49.1 Å². The number of anilines is 1. The van der Waals surface area contributed by atoms with Crippen LogP contribution < -0.4 is 9.64 Å². The molecule has 2 heterocycles. The van der Waals surface area contributed by atoms with Crippen molar-refractivity contribution in [3.63, 3.8) is 0 Å². The van der Waals surface area contributed by atoms with E-state index in [-0.39, 0.29) is 5.91 Å². The zero-order valence-electron chi connectivity index (χ0n) is 18.4. The molecule has 0 N–H and O–H groups in total. The van der Waals surface area contributed by atoms with E-state index in [2.05, 4.69) is 41.9 Å². The molecule has 0 bridgehead atoms. The summed E-state index contributed by atoms with van der Waals surface area (Å²) in [5.41, 5.74) is 4.83. The Balaban J connectivity index is 1.29. The average Bonchev–Trinajstić information content (AvgIpc) is 3.28. The Morgan fingerprint density at radius 2 is 1.81 bits per heavy atom. The summed E-state index contributed by atoms with van der Waals surface area (Å²) in [6.45, 7) is 7.51. The molecule has 6 heteroatoms. The highest BCUT2D eigenvalue weighted by Gasteiger charge is 2.22. The lowest BCUT2D eigenvalue weighted by Crippen LogP contribution is -2.49. The van der Waals surface area contributed by atoms with Gasteiger partial charge in [-0.15, -0.1) is 0 Å². The van der Waals surface area contributed by atoms with E-state index in [1.165, 1.54) is 16.8 Å². The van der Waals surface area contributed by atoms with Gasteiger partial charge in [0.05, 0.1) is 13.3 Å². The number of ether oxygens (including phenoxy) is 1. The van der Waals surface area contributed by atoms with E-state index in [4.69, 9.17) is 9.15 Å². The van der Waals surface area contributed by atoms with Crippen LogP contribution in [0.5, 0.6) is 5.75 Å². The molecule has 1 aliphatic heterocycles. The Kier molecular flexibility index (Phi) is 6.26. The van der Waals surface area contributed by atoms with Crippen molar-refractivity contribution in [3.8, 4) is 17.1 Å². The van der Waals surface area contributed by atoms with Crippen LogP contribution in [0, 0.1) is 13.8 Å². The van der Waals surface area contributed by atoms with Gasteiger partial charge < -0.3 is 19.0 Å². The van der Waals surface area contributed by atoms with Crippen molar-refractivity contribution in [2.45, 2.75) is 26.7 Å². The molecule has 3 aromatic rings. The fraction of sp³-hybridized carbons (Fsp3) is 0.360. The third-order valence-corrected chi connectivity index (χ3v) is 6.03. The Morgan fingerprint density at radius 1 is 1.06 bits per heavy atom. The van der Waals surface area contributed by atoms with Gasteiger partial charge in [-0.1, -0.05) is 12.1 Å². The molecule has 162 valence electrons. The molecule has 1 saturated heterocycles. The molecule has 0 aliphatic carbocycles. The highest BCUT2D eigenvalue weighted by molar-refractivity contribution is 5.76. The summed E-state index contributed by atoms with van der Waals surface area (Å²) in [6, 6.07) is 14.1. The largest absolute Gasteiger partial charge is 0.497 e. The van der Waals surface area contributed by atoms with E-state index < -0.39 is 0 Å². The average molecular weight is 420 g/mol. The molecule has 6 nitrogen and oxygen atoms in total. The van der Waals surface area contributed by atoms with Gasteiger partial charge in [0.1, 0.15) is 5.75 Å². The molecule has 0 spiro atoms. The van der Waals surface area contributed by atoms with Crippen LogP contribution >= 0.6 is 0 Å². The first-order chi connectivity index (χ1) is 15.0. The molecule has 1 aliphatic rings. The molecule has 0 radical (unpaired) electrons. The van der Waals surface area contributed by atoms with Crippen molar-refractivity contribution in [3.05, 3.63) is 65.7 Å². The van der Waals surface area contributed by atoms with Crippen LogP contribution in [0.15, 0.2) is 53.1 Å². The number of rotatable bonds is 6.